The Morgan fingerprint density at radius 3 is 2.75 bits per heavy atom. The van der Waals surface area contributed by atoms with Crippen LogP contribution in [0, 0.1) is 23.7 Å². The molecule has 3 fully saturated rings. The van der Waals surface area contributed by atoms with Gasteiger partial charge in [0.1, 0.15) is 0 Å². The molecule has 1 heteroatoms. The number of hydrogen-bond donors (Lipinski definition) is 0. The topological polar surface area (TPSA) is 0 Å². The average Bonchev–Trinajstić information content (AvgIpc) is 2.96. The first kappa shape index (κ1) is 11.6. The summed E-state index contributed by atoms with van der Waals surface area (Å²) in [5, 5.41) is 3.31. The summed E-state index contributed by atoms with van der Waals surface area (Å²) in [6.45, 7) is 4.84. The van der Waals surface area contributed by atoms with Crippen LogP contribution >= 0.6 is 0 Å². The first-order valence-corrected chi connectivity index (χ1v) is 10.1. The molecule has 2 bridgehead atoms. The summed E-state index contributed by atoms with van der Waals surface area (Å²) in [5.74, 6) is 4.81. The summed E-state index contributed by atoms with van der Waals surface area (Å²) < 4.78 is 1.31. The molecule has 0 unspecified atom stereocenters. The molecule has 5 atom stereocenters. The van der Waals surface area contributed by atoms with Gasteiger partial charge in [-0.3, -0.25) is 0 Å². The van der Waals surface area contributed by atoms with Gasteiger partial charge in [-0.1, -0.05) is 54.9 Å². The van der Waals surface area contributed by atoms with Crippen molar-refractivity contribution in [1.29, 1.82) is 0 Å². The van der Waals surface area contributed by atoms with E-state index < -0.39 is 0 Å². The second kappa shape index (κ2) is 4.66. The minimum atomic E-state index is -0.270. The van der Waals surface area contributed by atoms with Crippen LogP contribution in [0.15, 0.2) is 0 Å². The van der Waals surface area contributed by atoms with E-state index >= 15 is 0 Å². The van der Waals surface area contributed by atoms with Crippen molar-refractivity contribution in [3.05, 3.63) is 0 Å². The molecule has 0 aromatic rings. The Morgan fingerprint density at radius 2 is 2.00 bits per heavy atom. The lowest BCUT2D eigenvalue weighted by molar-refractivity contribution is 0.227. The zero-order valence-electron chi connectivity index (χ0n) is 11.1. The lowest BCUT2D eigenvalue weighted by atomic mass is 9.77. The molecule has 2 saturated carbocycles. The Balaban J connectivity index is 1.66. The second-order valence-electron chi connectivity index (χ2n) is 6.78. The van der Waals surface area contributed by atoms with Gasteiger partial charge < -0.3 is 0 Å². The molecule has 3 aliphatic rings. The van der Waals surface area contributed by atoms with Crippen molar-refractivity contribution < 1.29 is 0 Å². The van der Waals surface area contributed by atoms with Crippen molar-refractivity contribution in [3.63, 3.8) is 0 Å². The molecule has 16 heavy (non-hydrogen) atoms. The predicted molar refractivity (Wildman–Crippen MR) is 72.1 cm³/mol. The fourth-order valence-electron chi connectivity index (χ4n) is 5.69. The van der Waals surface area contributed by atoms with E-state index in [2.05, 4.69) is 13.8 Å². The molecule has 1 saturated heterocycles. The first-order chi connectivity index (χ1) is 7.85. The van der Waals surface area contributed by atoms with E-state index in [1.165, 1.54) is 35.4 Å². The standard InChI is InChI=1S/C13H22.C2H5.Al/c1-3-5-6-12-8-10-7-11(4-2)13(12)9-10;1-2;/h7,10-13H,2-6,8-9H2,1H3;1H2,2H3;/t10-,11+,12+,13+;;/m1../s1. The monoisotopic (exact) mass is 234 g/mol. The van der Waals surface area contributed by atoms with Gasteiger partial charge >= 0.3 is 0 Å². The van der Waals surface area contributed by atoms with Gasteiger partial charge in [-0.2, -0.15) is 0 Å². The summed E-state index contributed by atoms with van der Waals surface area (Å²) in [4.78, 5) is 0. The highest BCUT2D eigenvalue weighted by Gasteiger charge is 2.57. The molecular formula is C15H27Al. The molecule has 0 aromatic heterocycles. The molecule has 0 spiro atoms. The van der Waals surface area contributed by atoms with Gasteiger partial charge in [0.05, 0.1) is 0 Å². The fraction of sp³-hybridized carbons (Fsp3) is 1.00. The van der Waals surface area contributed by atoms with Crippen molar-refractivity contribution in [2.24, 2.45) is 23.7 Å². The van der Waals surface area contributed by atoms with Gasteiger partial charge in [0.2, 0.25) is 0 Å². The molecule has 0 N–H and O–H groups in total. The van der Waals surface area contributed by atoms with Crippen LogP contribution in [-0.2, 0) is 0 Å². The third kappa shape index (κ3) is 1.70. The molecule has 0 nitrogen and oxygen atoms in total. The molecule has 2 aliphatic carbocycles. The largest absolute Gasteiger partial charge is 0.266 e. The molecule has 1 aliphatic heterocycles. The molecular weight excluding hydrogens is 207 g/mol. The Kier molecular flexibility index (Phi) is 3.38. The van der Waals surface area contributed by atoms with Crippen LogP contribution in [0.25, 0.3) is 0 Å². The highest BCUT2D eigenvalue weighted by molar-refractivity contribution is 6.61. The molecule has 0 aromatic carbocycles. The summed E-state index contributed by atoms with van der Waals surface area (Å²) in [7, 11) is 0. The van der Waals surface area contributed by atoms with Gasteiger partial charge in [-0.25, -0.2) is 0 Å². The maximum absolute atomic E-state index is 2.49. The van der Waals surface area contributed by atoms with Crippen LogP contribution in [0.4, 0.5) is 0 Å². The zero-order chi connectivity index (χ0) is 11.1. The normalized spacial score (nSPS) is 45.4. The summed E-state index contributed by atoms with van der Waals surface area (Å²) in [5.41, 5.74) is 0. The van der Waals surface area contributed by atoms with Crippen LogP contribution in [-0.4, -0.2) is 14.1 Å². The number of fused-ring (bicyclic) bond motifs is 5. The molecule has 1 heterocycles. The van der Waals surface area contributed by atoms with Crippen molar-refractivity contribution >= 4 is 14.1 Å². The highest BCUT2D eigenvalue weighted by Crippen LogP contribution is 2.65. The van der Waals surface area contributed by atoms with E-state index in [-0.39, 0.29) is 14.1 Å². The van der Waals surface area contributed by atoms with E-state index in [4.69, 9.17) is 0 Å². The van der Waals surface area contributed by atoms with Gasteiger partial charge in [0.15, 0.2) is 0 Å². The summed E-state index contributed by atoms with van der Waals surface area (Å²) >= 11 is -0.270. The highest BCUT2D eigenvalue weighted by atomic mass is 27.2. The van der Waals surface area contributed by atoms with Crippen LogP contribution < -0.4 is 0 Å². The minimum absolute atomic E-state index is 0.270. The van der Waals surface area contributed by atoms with E-state index in [0.717, 1.165) is 5.92 Å². The molecule has 0 radical (unpaired) electrons. The van der Waals surface area contributed by atoms with Crippen molar-refractivity contribution in [2.45, 2.75) is 67.7 Å². The Labute approximate surface area is 106 Å². The van der Waals surface area contributed by atoms with Gasteiger partial charge in [0.25, 0.3) is 14.1 Å². The number of unbranched alkanes of at least 4 members (excludes halogenated alkanes) is 1. The van der Waals surface area contributed by atoms with Gasteiger partial charge in [-0.15, -0.1) is 0 Å². The van der Waals surface area contributed by atoms with Crippen LogP contribution in [0.1, 0.15) is 52.4 Å². The molecule has 3 rings (SSSR count). The fourth-order valence-corrected chi connectivity index (χ4v) is 10.1. The quantitative estimate of drug-likeness (QED) is 0.616. The van der Waals surface area contributed by atoms with Crippen molar-refractivity contribution in [3.8, 4) is 0 Å². The Morgan fingerprint density at radius 1 is 1.12 bits per heavy atom. The number of rotatable bonds is 4. The Bertz CT molecular complexity index is 250. The summed E-state index contributed by atoms with van der Waals surface area (Å²) in [6.07, 6.45) is 9.44. The second-order valence-corrected chi connectivity index (χ2v) is 10.5. The van der Waals surface area contributed by atoms with E-state index in [0.29, 0.717) is 0 Å². The SMILES string of the molecule is CCCC[C@H]1C[C@@H]2C[C@H]1[C@H]1C[CH2][Al]([CH2]C)[C@@H]21. The van der Waals surface area contributed by atoms with Crippen LogP contribution in [0.2, 0.25) is 15.3 Å². The van der Waals surface area contributed by atoms with Crippen molar-refractivity contribution in [1.82, 2.24) is 0 Å². The van der Waals surface area contributed by atoms with E-state index in [1.807, 2.05) is 0 Å². The third-order valence-electron chi connectivity index (χ3n) is 6.24. The Hall–Kier alpha value is 0.532. The van der Waals surface area contributed by atoms with Crippen LogP contribution in [0.3, 0.4) is 0 Å². The van der Waals surface area contributed by atoms with Gasteiger partial charge in [-0.05, 0) is 36.5 Å². The van der Waals surface area contributed by atoms with Gasteiger partial charge in [0, 0.05) is 0 Å². The van der Waals surface area contributed by atoms with E-state index in [1.54, 1.807) is 36.2 Å². The number of hydrogen-bond acceptors (Lipinski definition) is 0. The average molecular weight is 234 g/mol. The third-order valence-corrected chi connectivity index (χ3v) is 10.5. The first-order valence-electron chi connectivity index (χ1n) is 7.85. The maximum atomic E-state index is 2.49. The predicted octanol–water partition coefficient (Wildman–Crippen LogP) is 4.74. The molecule has 90 valence electrons. The lowest BCUT2D eigenvalue weighted by Gasteiger charge is -2.33. The lowest BCUT2D eigenvalue weighted by Crippen LogP contribution is -2.27. The zero-order valence-corrected chi connectivity index (χ0v) is 12.3. The minimum Gasteiger partial charge on any atom is -0.0965 e. The maximum Gasteiger partial charge on any atom is 0.266 e. The molecule has 0 amide bonds. The summed E-state index contributed by atoms with van der Waals surface area (Å²) in [6, 6.07) is 0. The van der Waals surface area contributed by atoms with E-state index in [9.17, 15) is 0 Å². The van der Waals surface area contributed by atoms with Crippen LogP contribution in [0.5, 0.6) is 0 Å². The van der Waals surface area contributed by atoms with Crippen molar-refractivity contribution in [2.75, 3.05) is 0 Å². The smallest absolute Gasteiger partial charge is 0.0965 e.